The molecule has 0 fully saturated rings. The van der Waals surface area contributed by atoms with Crippen LogP contribution in [0.3, 0.4) is 0 Å². The lowest BCUT2D eigenvalue weighted by atomic mass is 11.8. The smallest absolute Gasteiger partial charge is 0.0532 e. The minimum absolute atomic E-state index is 0.627. The Kier molecular flexibility index (Phi) is 3.46. The van der Waals surface area contributed by atoms with Crippen molar-refractivity contribution in [3.63, 3.8) is 0 Å². The second-order valence-electron chi connectivity index (χ2n) is 1.99. The summed E-state index contributed by atoms with van der Waals surface area (Å²) >= 11 is 11.1. The number of hydrogen-bond donors (Lipinski definition) is 0. The molecule has 7 heavy (non-hydrogen) atoms. The second kappa shape index (κ2) is 3.06. The van der Waals surface area contributed by atoms with Gasteiger partial charge in [-0.05, 0) is 12.5 Å². The first-order valence-corrected chi connectivity index (χ1v) is 5.79. The summed E-state index contributed by atoms with van der Waals surface area (Å²) < 4.78 is 0. The molecule has 0 unspecified atom stereocenters. The van der Waals surface area contributed by atoms with Crippen LogP contribution < -0.4 is 0 Å². The Hall–Kier alpha value is 0.930. The summed E-state index contributed by atoms with van der Waals surface area (Å²) in [5.41, 5.74) is 0. The molecule has 0 aliphatic carbocycles. The molecule has 0 amide bonds. The van der Waals surface area contributed by atoms with Crippen molar-refractivity contribution in [2.24, 2.45) is 0 Å². The molecule has 0 N–H and O–H groups in total. The van der Waals surface area contributed by atoms with Gasteiger partial charge in [0.2, 0.25) is 0 Å². The standard InChI is InChI=1S/C4H10Cl2S/c1-7(2,3-5)4-6/h3-4H2,1-2H3. The van der Waals surface area contributed by atoms with E-state index >= 15 is 0 Å². The van der Waals surface area contributed by atoms with Gasteiger partial charge in [-0.15, -0.1) is 23.2 Å². The lowest BCUT2D eigenvalue weighted by molar-refractivity contribution is 1.90. The van der Waals surface area contributed by atoms with E-state index in [1.807, 2.05) is 0 Å². The average Bonchev–Trinajstić information content (AvgIpc) is 1.68. The molecule has 0 aromatic rings. The highest BCUT2D eigenvalue weighted by Gasteiger charge is 2.05. The van der Waals surface area contributed by atoms with Crippen molar-refractivity contribution in [2.75, 3.05) is 22.9 Å². The van der Waals surface area contributed by atoms with Crippen molar-refractivity contribution in [1.29, 1.82) is 0 Å². The predicted octanol–water partition coefficient (Wildman–Crippen LogP) is 2.44. The third kappa shape index (κ3) is 3.51. The summed E-state index contributed by atoms with van der Waals surface area (Å²) in [6, 6.07) is 0. The number of halogens is 2. The molecule has 0 spiro atoms. The molecule has 3 heteroatoms. The Balaban J connectivity index is 3.36. The van der Waals surface area contributed by atoms with Gasteiger partial charge in [-0.1, -0.05) is 0 Å². The van der Waals surface area contributed by atoms with Crippen LogP contribution in [0.15, 0.2) is 0 Å². The van der Waals surface area contributed by atoms with Crippen molar-refractivity contribution < 1.29 is 0 Å². The fourth-order valence-corrected chi connectivity index (χ4v) is 0.787. The van der Waals surface area contributed by atoms with Crippen molar-refractivity contribution in [1.82, 2.24) is 0 Å². The van der Waals surface area contributed by atoms with Gasteiger partial charge in [0, 0.05) is 0 Å². The molecule has 0 nitrogen and oxygen atoms in total. The summed E-state index contributed by atoms with van der Waals surface area (Å²) in [5.74, 6) is 0. The van der Waals surface area contributed by atoms with Crippen LogP contribution in [0.25, 0.3) is 0 Å². The number of hydrogen-bond acceptors (Lipinski definition) is 0. The summed E-state index contributed by atoms with van der Waals surface area (Å²) in [7, 11) is -0.627. The molecule has 0 aromatic carbocycles. The molecule has 0 aromatic heterocycles. The molecular weight excluding hydrogens is 151 g/mol. The summed E-state index contributed by atoms with van der Waals surface area (Å²) in [6.45, 7) is 0. The fourth-order valence-electron chi connectivity index (χ4n) is 0.0292. The van der Waals surface area contributed by atoms with Gasteiger partial charge < -0.3 is 0 Å². The second-order valence-corrected chi connectivity index (χ2v) is 7.27. The van der Waals surface area contributed by atoms with Crippen LogP contribution in [0.4, 0.5) is 0 Å². The minimum atomic E-state index is -0.627. The van der Waals surface area contributed by atoms with Gasteiger partial charge in [0.05, 0.1) is 10.4 Å². The van der Waals surface area contributed by atoms with E-state index in [1.54, 1.807) is 0 Å². The van der Waals surface area contributed by atoms with E-state index in [0.717, 1.165) is 10.4 Å². The van der Waals surface area contributed by atoms with Crippen LogP contribution >= 0.6 is 33.2 Å². The van der Waals surface area contributed by atoms with Gasteiger partial charge in [0.15, 0.2) is 0 Å². The van der Waals surface area contributed by atoms with Gasteiger partial charge in [-0.2, -0.15) is 0 Å². The lowest BCUT2D eigenvalue weighted by Gasteiger charge is -2.23. The normalized spacial score (nSPS) is 14.3. The fraction of sp³-hybridized carbons (Fsp3) is 1.00. The van der Waals surface area contributed by atoms with Gasteiger partial charge in [0.25, 0.3) is 0 Å². The Morgan fingerprint density at radius 1 is 1.14 bits per heavy atom. The largest absolute Gasteiger partial charge is 0.220 e. The molecule has 46 valence electrons. The van der Waals surface area contributed by atoms with Crippen LogP contribution in [0, 0.1) is 0 Å². The minimum Gasteiger partial charge on any atom is -0.220 e. The third-order valence-corrected chi connectivity index (χ3v) is 5.32. The van der Waals surface area contributed by atoms with Crippen LogP contribution in [0.1, 0.15) is 0 Å². The maximum absolute atomic E-state index is 5.55. The Morgan fingerprint density at radius 3 is 1.43 bits per heavy atom. The van der Waals surface area contributed by atoms with Crippen LogP contribution in [0.5, 0.6) is 0 Å². The summed E-state index contributed by atoms with van der Waals surface area (Å²) in [5, 5.41) is 1.44. The van der Waals surface area contributed by atoms with E-state index in [9.17, 15) is 0 Å². The van der Waals surface area contributed by atoms with E-state index in [1.165, 1.54) is 0 Å². The number of rotatable bonds is 2. The van der Waals surface area contributed by atoms with Crippen molar-refractivity contribution in [3.05, 3.63) is 0 Å². The predicted molar refractivity (Wildman–Crippen MR) is 40.9 cm³/mol. The zero-order valence-electron chi connectivity index (χ0n) is 4.58. The van der Waals surface area contributed by atoms with Crippen LogP contribution in [-0.4, -0.2) is 22.9 Å². The van der Waals surface area contributed by atoms with Crippen molar-refractivity contribution in [2.45, 2.75) is 0 Å². The van der Waals surface area contributed by atoms with E-state index in [-0.39, 0.29) is 0 Å². The molecule has 0 atom stereocenters. The van der Waals surface area contributed by atoms with Crippen molar-refractivity contribution >= 4 is 33.2 Å². The first-order chi connectivity index (χ1) is 3.12. The van der Waals surface area contributed by atoms with Crippen LogP contribution in [-0.2, 0) is 0 Å². The Morgan fingerprint density at radius 2 is 1.43 bits per heavy atom. The molecule has 0 heterocycles. The average molecular weight is 161 g/mol. The van der Waals surface area contributed by atoms with Gasteiger partial charge in [0.1, 0.15) is 0 Å². The number of alkyl halides is 2. The third-order valence-electron chi connectivity index (χ3n) is 0.591. The molecule has 0 saturated carbocycles. The van der Waals surface area contributed by atoms with Gasteiger partial charge >= 0.3 is 0 Å². The maximum atomic E-state index is 5.55. The maximum Gasteiger partial charge on any atom is 0.0532 e. The molecular formula is C4H10Cl2S. The van der Waals surface area contributed by atoms with E-state index in [0.29, 0.717) is 0 Å². The molecule has 0 saturated heterocycles. The van der Waals surface area contributed by atoms with Gasteiger partial charge in [-0.25, -0.2) is 10.0 Å². The summed E-state index contributed by atoms with van der Waals surface area (Å²) in [4.78, 5) is 0. The highest BCUT2D eigenvalue weighted by Crippen LogP contribution is 2.41. The quantitative estimate of drug-likeness (QED) is 0.545. The monoisotopic (exact) mass is 160 g/mol. The Labute approximate surface area is 56.5 Å². The zero-order chi connectivity index (χ0) is 5.91. The lowest BCUT2D eigenvalue weighted by Crippen LogP contribution is -1.95. The zero-order valence-corrected chi connectivity index (χ0v) is 6.91. The molecule has 0 radical (unpaired) electrons. The van der Waals surface area contributed by atoms with Crippen molar-refractivity contribution in [3.8, 4) is 0 Å². The molecule has 0 bridgehead atoms. The Bertz CT molecular complexity index is 47.7. The van der Waals surface area contributed by atoms with E-state index in [4.69, 9.17) is 23.2 Å². The van der Waals surface area contributed by atoms with Gasteiger partial charge in [-0.3, -0.25) is 0 Å². The first kappa shape index (κ1) is 7.93. The highest BCUT2D eigenvalue weighted by atomic mass is 35.5. The molecule has 0 rings (SSSR count). The van der Waals surface area contributed by atoms with E-state index in [2.05, 4.69) is 12.5 Å². The molecule has 0 aliphatic rings. The van der Waals surface area contributed by atoms with E-state index < -0.39 is 10.0 Å². The topological polar surface area (TPSA) is 0 Å². The van der Waals surface area contributed by atoms with Crippen LogP contribution in [0.2, 0.25) is 0 Å². The summed E-state index contributed by atoms with van der Waals surface area (Å²) in [6.07, 6.45) is 4.24. The highest BCUT2D eigenvalue weighted by molar-refractivity contribution is 8.34. The molecule has 0 aliphatic heterocycles. The SMILES string of the molecule is CS(C)(CCl)CCl. The first-order valence-electron chi connectivity index (χ1n) is 1.93.